The summed E-state index contributed by atoms with van der Waals surface area (Å²) in [4.78, 5) is 37.8. The average molecular weight is 503 g/mol. The van der Waals surface area contributed by atoms with Gasteiger partial charge in [0.05, 0.1) is 0 Å². The lowest BCUT2D eigenvalue weighted by atomic mass is 9.93. The molecule has 6 nitrogen and oxygen atoms in total. The lowest BCUT2D eigenvalue weighted by Crippen LogP contribution is -2.39. The first kappa shape index (κ1) is 24.6. The Labute approximate surface area is 209 Å². The number of nitrogens with one attached hydrogen (secondary N) is 1. The highest BCUT2D eigenvalue weighted by atomic mass is 35.5. The second-order valence-corrected chi connectivity index (χ2v) is 9.90. The van der Waals surface area contributed by atoms with Crippen molar-refractivity contribution in [2.45, 2.75) is 51.0 Å². The molecule has 0 bridgehead atoms. The van der Waals surface area contributed by atoms with Gasteiger partial charge in [-0.1, -0.05) is 54.6 Å². The van der Waals surface area contributed by atoms with Crippen LogP contribution in [0.2, 0.25) is 10.0 Å². The van der Waals surface area contributed by atoms with Crippen molar-refractivity contribution < 1.29 is 19.5 Å². The molecule has 0 aromatic heterocycles. The van der Waals surface area contributed by atoms with E-state index >= 15 is 0 Å². The van der Waals surface area contributed by atoms with E-state index in [0.29, 0.717) is 28.1 Å². The van der Waals surface area contributed by atoms with Crippen LogP contribution < -0.4 is 5.32 Å². The van der Waals surface area contributed by atoms with Gasteiger partial charge in [-0.2, -0.15) is 0 Å². The zero-order valence-corrected chi connectivity index (χ0v) is 20.4. The molecule has 0 spiro atoms. The number of aliphatic carboxylic acids is 1. The molecular weight excluding hydrogens is 475 g/mol. The van der Waals surface area contributed by atoms with Crippen LogP contribution in [0.15, 0.2) is 36.4 Å². The topological polar surface area (TPSA) is 86.7 Å². The Hall–Kier alpha value is -2.57. The van der Waals surface area contributed by atoms with Gasteiger partial charge in [0.1, 0.15) is 6.54 Å². The Morgan fingerprint density at radius 3 is 2.24 bits per heavy atom. The molecule has 1 unspecified atom stereocenters. The van der Waals surface area contributed by atoms with E-state index in [9.17, 15) is 14.4 Å². The van der Waals surface area contributed by atoms with Gasteiger partial charge in [0, 0.05) is 34.1 Å². The van der Waals surface area contributed by atoms with Gasteiger partial charge < -0.3 is 15.3 Å². The first-order valence-electron chi connectivity index (χ1n) is 11.7. The van der Waals surface area contributed by atoms with Crippen molar-refractivity contribution in [1.29, 1.82) is 0 Å². The summed E-state index contributed by atoms with van der Waals surface area (Å²) < 4.78 is 0. The minimum atomic E-state index is -1.10. The van der Waals surface area contributed by atoms with Crippen LogP contribution in [0.5, 0.6) is 0 Å². The molecule has 2 N–H and O–H groups in total. The van der Waals surface area contributed by atoms with Crippen LogP contribution >= 0.6 is 23.2 Å². The summed E-state index contributed by atoms with van der Waals surface area (Å²) in [6.07, 6.45) is 7.24. The Kier molecular flexibility index (Phi) is 7.79. The van der Waals surface area contributed by atoms with Gasteiger partial charge in [-0.05, 0) is 66.6 Å². The minimum Gasteiger partial charge on any atom is -0.480 e. The summed E-state index contributed by atoms with van der Waals surface area (Å²) in [5, 5.41) is 12.1. The average Bonchev–Trinajstić information content (AvgIpc) is 3.20. The van der Waals surface area contributed by atoms with E-state index in [-0.39, 0.29) is 11.8 Å². The first-order chi connectivity index (χ1) is 16.3. The van der Waals surface area contributed by atoms with Gasteiger partial charge >= 0.3 is 5.97 Å². The number of carboxylic acids is 1. The number of carboxylic acid groups (broad SMARTS) is 1. The normalized spacial score (nSPS) is 18.8. The Morgan fingerprint density at radius 1 is 0.971 bits per heavy atom. The molecule has 2 amide bonds. The molecule has 2 aromatic rings. The number of amides is 2. The van der Waals surface area contributed by atoms with E-state index in [1.165, 1.54) is 19.3 Å². The van der Waals surface area contributed by atoms with Crippen LogP contribution in [-0.4, -0.2) is 46.9 Å². The number of rotatable bonds is 7. The van der Waals surface area contributed by atoms with Crippen molar-refractivity contribution >= 4 is 41.0 Å². The summed E-state index contributed by atoms with van der Waals surface area (Å²) in [7, 11) is 0. The summed E-state index contributed by atoms with van der Waals surface area (Å²) in [6.45, 7) is 0.378. The lowest BCUT2D eigenvalue weighted by molar-refractivity contribution is -0.136. The maximum atomic E-state index is 13.1. The molecular formula is C26H28Cl2N2O4. The predicted octanol–water partition coefficient (Wildman–Crippen LogP) is 5.20. The molecule has 1 saturated heterocycles. The van der Waals surface area contributed by atoms with Crippen molar-refractivity contribution in [2.24, 2.45) is 5.92 Å². The Balaban J connectivity index is 1.44. The van der Waals surface area contributed by atoms with Crippen LogP contribution in [0.25, 0.3) is 11.1 Å². The largest absolute Gasteiger partial charge is 0.480 e. The van der Waals surface area contributed by atoms with Gasteiger partial charge in [0.15, 0.2) is 0 Å². The quantitative estimate of drug-likeness (QED) is 0.544. The maximum Gasteiger partial charge on any atom is 0.322 e. The number of hydrogen-bond donors (Lipinski definition) is 2. The molecule has 1 atom stereocenters. The SMILES string of the molecule is O=C(O)CNC(=O)c1ccc(-c2cc(Cl)c(CC3CCN(C4CCCCC4)C3=O)c(Cl)c2)cc1. The van der Waals surface area contributed by atoms with Crippen LogP contribution in [0, 0.1) is 5.92 Å². The molecule has 1 heterocycles. The molecule has 2 aliphatic rings. The van der Waals surface area contributed by atoms with E-state index < -0.39 is 18.4 Å². The van der Waals surface area contributed by atoms with Crippen LogP contribution in [0.3, 0.4) is 0 Å². The molecule has 0 radical (unpaired) electrons. The molecule has 8 heteroatoms. The van der Waals surface area contributed by atoms with Gasteiger partial charge in [-0.3, -0.25) is 14.4 Å². The zero-order chi connectivity index (χ0) is 24.2. The summed E-state index contributed by atoms with van der Waals surface area (Å²) >= 11 is 13.2. The molecule has 2 fully saturated rings. The van der Waals surface area contributed by atoms with Crippen molar-refractivity contribution in [3.05, 3.63) is 57.6 Å². The number of carbonyl (C=O) groups is 3. The highest BCUT2D eigenvalue weighted by molar-refractivity contribution is 6.36. The van der Waals surface area contributed by atoms with E-state index in [2.05, 4.69) is 10.2 Å². The number of hydrogen-bond acceptors (Lipinski definition) is 3. The van der Waals surface area contributed by atoms with Gasteiger partial charge in [0.2, 0.25) is 5.91 Å². The number of likely N-dealkylation sites (tertiary alicyclic amines) is 1. The van der Waals surface area contributed by atoms with Gasteiger partial charge in [0.25, 0.3) is 5.91 Å². The fourth-order valence-corrected chi connectivity index (χ4v) is 5.63. The van der Waals surface area contributed by atoms with Crippen LogP contribution in [0.4, 0.5) is 0 Å². The molecule has 2 aromatic carbocycles. The number of halogens is 2. The minimum absolute atomic E-state index is 0.0913. The first-order valence-corrected chi connectivity index (χ1v) is 12.5. The smallest absolute Gasteiger partial charge is 0.322 e. The fourth-order valence-electron chi connectivity index (χ4n) is 4.99. The third-order valence-corrected chi connectivity index (χ3v) is 7.51. The third-order valence-electron chi connectivity index (χ3n) is 6.84. The van der Waals surface area contributed by atoms with Gasteiger partial charge in [-0.15, -0.1) is 0 Å². The van der Waals surface area contributed by atoms with E-state index in [4.69, 9.17) is 28.3 Å². The van der Waals surface area contributed by atoms with Crippen molar-refractivity contribution in [2.75, 3.05) is 13.1 Å². The van der Waals surface area contributed by atoms with Crippen molar-refractivity contribution in [3.63, 3.8) is 0 Å². The van der Waals surface area contributed by atoms with E-state index in [0.717, 1.165) is 42.5 Å². The summed E-state index contributed by atoms with van der Waals surface area (Å²) in [6, 6.07) is 10.8. The molecule has 34 heavy (non-hydrogen) atoms. The highest BCUT2D eigenvalue weighted by Gasteiger charge is 2.36. The molecule has 1 saturated carbocycles. The lowest BCUT2D eigenvalue weighted by Gasteiger charge is -2.31. The molecule has 1 aliphatic carbocycles. The summed E-state index contributed by atoms with van der Waals surface area (Å²) in [5.41, 5.74) is 2.78. The monoisotopic (exact) mass is 502 g/mol. The fraction of sp³-hybridized carbons (Fsp3) is 0.423. The second kappa shape index (κ2) is 10.8. The van der Waals surface area contributed by atoms with E-state index in [1.807, 2.05) is 12.1 Å². The van der Waals surface area contributed by atoms with Crippen molar-refractivity contribution in [1.82, 2.24) is 10.2 Å². The van der Waals surface area contributed by atoms with Crippen molar-refractivity contribution in [3.8, 4) is 11.1 Å². The second-order valence-electron chi connectivity index (χ2n) is 9.09. The van der Waals surface area contributed by atoms with Crippen LogP contribution in [0.1, 0.15) is 54.4 Å². The molecule has 180 valence electrons. The number of nitrogens with zero attached hydrogens (tertiary/aromatic N) is 1. The predicted molar refractivity (Wildman–Crippen MR) is 132 cm³/mol. The molecule has 1 aliphatic heterocycles. The maximum absolute atomic E-state index is 13.1. The molecule has 4 rings (SSSR count). The van der Waals surface area contributed by atoms with E-state index in [1.54, 1.807) is 24.3 Å². The zero-order valence-electron chi connectivity index (χ0n) is 18.9. The van der Waals surface area contributed by atoms with Gasteiger partial charge in [-0.25, -0.2) is 0 Å². The standard InChI is InChI=1S/C26H28Cl2N2O4/c27-22-13-19(16-6-8-17(9-7-16)25(33)29-15-24(31)32)14-23(28)21(22)12-18-10-11-30(26(18)34)20-4-2-1-3-5-20/h6-9,13-14,18,20H,1-5,10-12,15H2,(H,29,33)(H,31,32). The highest BCUT2D eigenvalue weighted by Crippen LogP contribution is 2.36. The Morgan fingerprint density at radius 2 is 1.62 bits per heavy atom. The summed E-state index contributed by atoms with van der Waals surface area (Å²) in [5.74, 6) is -1.43. The number of carbonyl (C=O) groups excluding carboxylic acids is 2. The van der Waals surface area contributed by atoms with Crippen LogP contribution in [-0.2, 0) is 16.0 Å². The Bertz CT molecular complexity index is 1060. The third kappa shape index (κ3) is 5.56. The number of benzene rings is 2.